The molecule has 0 aliphatic heterocycles. The van der Waals surface area contributed by atoms with E-state index in [0.717, 1.165) is 42.6 Å². The summed E-state index contributed by atoms with van der Waals surface area (Å²) < 4.78 is 7.15. The molecule has 1 heterocycles. The van der Waals surface area contributed by atoms with E-state index in [-0.39, 0.29) is 0 Å². The topological polar surface area (TPSA) is 13.1 Å². The van der Waals surface area contributed by atoms with Crippen molar-refractivity contribution in [1.29, 1.82) is 0 Å². The molecular formula is C24H14BrClO. The minimum atomic E-state index is 0.739. The van der Waals surface area contributed by atoms with E-state index in [1.807, 2.05) is 36.4 Å². The van der Waals surface area contributed by atoms with Crippen LogP contribution in [0.25, 0.3) is 44.2 Å². The van der Waals surface area contributed by atoms with E-state index < -0.39 is 0 Å². The van der Waals surface area contributed by atoms with Crippen molar-refractivity contribution in [3.05, 3.63) is 94.4 Å². The summed E-state index contributed by atoms with van der Waals surface area (Å²) in [4.78, 5) is 0. The van der Waals surface area contributed by atoms with Gasteiger partial charge >= 0.3 is 0 Å². The van der Waals surface area contributed by atoms with Gasteiger partial charge in [-0.25, -0.2) is 0 Å². The van der Waals surface area contributed by atoms with Crippen LogP contribution in [0.5, 0.6) is 0 Å². The molecule has 1 nitrogen and oxygen atoms in total. The molecule has 0 aliphatic rings. The Balaban J connectivity index is 1.85. The zero-order valence-electron chi connectivity index (χ0n) is 14.2. The number of benzene rings is 4. The molecular weight excluding hydrogens is 420 g/mol. The van der Waals surface area contributed by atoms with Crippen molar-refractivity contribution in [3.63, 3.8) is 0 Å². The van der Waals surface area contributed by atoms with E-state index in [1.165, 1.54) is 11.1 Å². The fourth-order valence-corrected chi connectivity index (χ4v) is 4.32. The molecule has 3 heteroatoms. The number of halogens is 2. The summed E-state index contributed by atoms with van der Waals surface area (Å²) in [6.07, 6.45) is 0. The van der Waals surface area contributed by atoms with Crippen LogP contribution in [-0.2, 0) is 0 Å². The molecule has 0 fully saturated rings. The van der Waals surface area contributed by atoms with E-state index in [9.17, 15) is 0 Å². The fourth-order valence-electron chi connectivity index (χ4n) is 3.65. The lowest BCUT2D eigenvalue weighted by Crippen LogP contribution is -1.86. The van der Waals surface area contributed by atoms with Gasteiger partial charge in [0.25, 0.3) is 0 Å². The van der Waals surface area contributed by atoms with Gasteiger partial charge in [0, 0.05) is 20.3 Å². The van der Waals surface area contributed by atoms with E-state index in [1.54, 1.807) is 0 Å². The molecule has 0 saturated carbocycles. The summed E-state index contributed by atoms with van der Waals surface area (Å²) in [7, 11) is 0. The molecule has 0 saturated heterocycles. The first-order valence-electron chi connectivity index (χ1n) is 8.67. The summed E-state index contributed by atoms with van der Waals surface area (Å²) >= 11 is 9.79. The second-order valence-corrected chi connectivity index (χ2v) is 7.74. The maximum Gasteiger partial charge on any atom is 0.136 e. The molecule has 0 unspecified atom stereocenters. The number of furan rings is 1. The second-order valence-electron chi connectivity index (χ2n) is 6.45. The van der Waals surface area contributed by atoms with Crippen LogP contribution in [0.4, 0.5) is 0 Å². The number of fused-ring (bicyclic) bond motifs is 3. The molecule has 5 rings (SSSR count). The minimum Gasteiger partial charge on any atom is -0.456 e. The normalized spacial score (nSPS) is 11.3. The van der Waals surface area contributed by atoms with Crippen molar-refractivity contribution in [2.24, 2.45) is 0 Å². The Labute approximate surface area is 170 Å². The smallest absolute Gasteiger partial charge is 0.136 e. The van der Waals surface area contributed by atoms with E-state index in [0.29, 0.717) is 0 Å². The number of hydrogen-bond donors (Lipinski definition) is 0. The highest BCUT2D eigenvalue weighted by Gasteiger charge is 2.16. The molecule has 0 N–H and O–H groups in total. The van der Waals surface area contributed by atoms with Gasteiger partial charge in [0.05, 0.1) is 0 Å². The number of rotatable bonds is 2. The summed E-state index contributed by atoms with van der Waals surface area (Å²) in [5.41, 5.74) is 6.41. The van der Waals surface area contributed by atoms with Crippen LogP contribution in [0.3, 0.4) is 0 Å². The van der Waals surface area contributed by atoms with E-state index in [2.05, 4.69) is 64.5 Å². The van der Waals surface area contributed by atoms with Crippen LogP contribution >= 0.6 is 27.5 Å². The summed E-state index contributed by atoms with van der Waals surface area (Å²) in [5.74, 6) is 0. The molecule has 0 aliphatic carbocycles. The van der Waals surface area contributed by atoms with E-state index >= 15 is 0 Å². The Morgan fingerprint density at radius 1 is 0.593 bits per heavy atom. The van der Waals surface area contributed by atoms with Gasteiger partial charge in [-0.3, -0.25) is 0 Å². The van der Waals surface area contributed by atoms with Crippen molar-refractivity contribution in [2.75, 3.05) is 0 Å². The van der Waals surface area contributed by atoms with Gasteiger partial charge in [-0.2, -0.15) is 0 Å². The Morgan fingerprint density at radius 2 is 1.22 bits per heavy atom. The van der Waals surface area contributed by atoms with Gasteiger partial charge in [-0.15, -0.1) is 0 Å². The Hall–Kier alpha value is -2.55. The zero-order valence-corrected chi connectivity index (χ0v) is 16.6. The lowest BCUT2D eigenvalue weighted by atomic mass is 9.92. The van der Waals surface area contributed by atoms with Crippen LogP contribution in [0.2, 0.25) is 5.02 Å². The lowest BCUT2D eigenvalue weighted by Gasteiger charge is -2.11. The van der Waals surface area contributed by atoms with Crippen molar-refractivity contribution >= 4 is 49.5 Å². The molecule has 0 atom stereocenters. The van der Waals surface area contributed by atoms with Crippen LogP contribution in [-0.4, -0.2) is 0 Å². The Kier molecular flexibility index (Phi) is 4.04. The quantitative estimate of drug-likeness (QED) is 0.273. The molecule has 5 aromatic rings. The largest absolute Gasteiger partial charge is 0.456 e. The molecule has 0 spiro atoms. The first-order chi connectivity index (χ1) is 13.2. The average molecular weight is 434 g/mol. The third-order valence-corrected chi connectivity index (χ3v) is 5.76. The second kappa shape index (κ2) is 6.56. The maximum atomic E-state index is 6.11. The van der Waals surface area contributed by atoms with Gasteiger partial charge in [-0.1, -0.05) is 82.1 Å². The maximum absolute atomic E-state index is 6.11. The first-order valence-corrected chi connectivity index (χ1v) is 9.84. The summed E-state index contributed by atoms with van der Waals surface area (Å²) in [5, 5.41) is 2.97. The third kappa shape index (κ3) is 2.77. The first kappa shape index (κ1) is 16.6. The van der Waals surface area contributed by atoms with Crippen LogP contribution in [0.15, 0.2) is 93.8 Å². The van der Waals surface area contributed by atoms with Crippen molar-refractivity contribution in [2.45, 2.75) is 0 Å². The van der Waals surface area contributed by atoms with Gasteiger partial charge in [0.2, 0.25) is 0 Å². The van der Waals surface area contributed by atoms with Crippen LogP contribution in [0, 0.1) is 0 Å². The fraction of sp³-hybridized carbons (Fsp3) is 0. The highest BCUT2D eigenvalue weighted by atomic mass is 79.9. The highest BCUT2D eigenvalue weighted by molar-refractivity contribution is 9.10. The molecule has 27 heavy (non-hydrogen) atoms. The third-order valence-electron chi connectivity index (χ3n) is 4.84. The molecule has 0 bridgehead atoms. The SMILES string of the molecule is Clc1ccc(-c2ccccc2-c2cccc3oc4cccc(Br)c4c23)cc1. The molecule has 0 amide bonds. The predicted octanol–water partition coefficient (Wildman–Crippen LogP) is 8.34. The van der Waals surface area contributed by atoms with E-state index in [4.69, 9.17) is 16.0 Å². The zero-order chi connectivity index (χ0) is 18.4. The van der Waals surface area contributed by atoms with Crippen molar-refractivity contribution in [1.82, 2.24) is 0 Å². The molecule has 4 aromatic carbocycles. The Morgan fingerprint density at radius 3 is 2.00 bits per heavy atom. The van der Waals surface area contributed by atoms with Gasteiger partial charge in [0.15, 0.2) is 0 Å². The average Bonchev–Trinajstić information content (AvgIpc) is 3.08. The van der Waals surface area contributed by atoms with Crippen molar-refractivity contribution < 1.29 is 4.42 Å². The standard InChI is InChI=1S/C24H14BrClO/c25-20-8-4-10-22-24(20)23-19(7-3-9-21(23)27-22)18-6-2-1-5-17(18)15-11-13-16(26)14-12-15/h1-14H. The number of hydrogen-bond acceptors (Lipinski definition) is 1. The highest BCUT2D eigenvalue weighted by Crippen LogP contribution is 2.42. The predicted molar refractivity (Wildman–Crippen MR) is 117 cm³/mol. The molecule has 130 valence electrons. The molecule has 1 aromatic heterocycles. The minimum absolute atomic E-state index is 0.739. The summed E-state index contributed by atoms with van der Waals surface area (Å²) in [6, 6.07) is 28.7. The van der Waals surface area contributed by atoms with Crippen molar-refractivity contribution in [3.8, 4) is 22.3 Å². The van der Waals surface area contributed by atoms with Gasteiger partial charge in [-0.05, 0) is 52.6 Å². The van der Waals surface area contributed by atoms with Crippen LogP contribution in [0.1, 0.15) is 0 Å². The lowest BCUT2D eigenvalue weighted by molar-refractivity contribution is 0.669. The Bertz CT molecular complexity index is 1290. The molecule has 0 radical (unpaired) electrons. The summed E-state index contributed by atoms with van der Waals surface area (Å²) in [6.45, 7) is 0. The monoisotopic (exact) mass is 432 g/mol. The van der Waals surface area contributed by atoms with Gasteiger partial charge in [0.1, 0.15) is 11.2 Å². The van der Waals surface area contributed by atoms with Gasteiger partial charge < -0.3 is 4.42 Å². The van der Waals surface area contributed by atoms with Crippen LogP contribution < -0.4 is 0 Å².